The number of carbonyl (C=O) groups excluding carboxylic acids is 1. The van der Waals surface area contributed by atoms with Gasteiger partial charge in [0.15, 0.2) is 5.78 Å². The fourth-order valence-corrected chi connectivity index (χ4v) is 2.50. The first kappa shape index (κ1) is 16.4. The minimum atomic E-state index is -0.489. The van der Waals surface area contributed by atoms with Gasteiger partial charge >= 0.3 is 0 Å². The van der Waals surface area contributed by atoms with Gasteiger partial charge in [0.05, 0.1) is 11.2 Å². The number of hydrogen-bond acceptors (Lipinski definition) is 5. The molecule has 1 heterocycles. The van der Waals surface area contributed by atoms with Crippen molar-refractivity contribution in [3.05, 3.63) is 93.9 Å². The van der Waals surface area contributed by atoms with Gasteiger partial charge in [0.25, 0.3) is 5.69 Å². The van der Waals surface area contributed by atoms with Crippen molar-refractivity contribution in [3.63, 3.8) is 0 Å². The average Bonchev–Trinajstić information content (AvgIpc) is 3.15. The number of anilines is 1. The van der Waals surface area contributed by atoms with E-state index in [4.69, 9.17) is 4.42 Å². The number of carbonyl (C=O) groups is 1. The highest BCUT2D eigenvalue weighted by Crippen LogP contribution is 2.26. The minimum Gasteiger partial charge on any atom is -0.469 e. The molecular formula is C19H16N2O4. The summed E-state index contributed by atoms with van der Waals surface area (Å²) in [6.45, 7) is 0.486. The molecule has 0 saturated carbocycles. The molecule has 0 amide bonds. The lowest BCUT2D eigenvalue weighted by molar-refractivity contribution is -0.384. The number of furan rings is 1. The maximum absolute atomic E-state index is 12.4. The zero-order valence-electron chi connectivity index (χ0n) is 13.3. The first-order valence-corrected chi connectivity index (χ1v) is 7.79. The fraction of sp³-hybridized carbons (Fsp3) is 0.105. The van der Waals surface area contributed by atoms with Crippen LogP contribution in [-0.4, -0.2) is 17.3 Å². The summed E-state index contributed by atoms with van der Waals surface area (Å²) in [7, 11) is 0. The van der Waals surface area contributed by atoms with E-state index in [1.54, 1.807) is 48.7 Å². The second-order valence-electron chi connectivity index (χ2n) is 5.44. The van der Waals surface area contributed by atoms with Gasteiger partial charge in [-0.05, 0) is 24.3 Å². The van der Waals surface area contributed by atoms with Crippen molar-refractivity contribution in [2.75, 3.05) is 11.9 Å². The normalized spacial score (nSPS) is 10.4. The van der Waals surface area contributed by atoms with E-state index in [0.29, 0.717) is 24.2 Å². The second-order valence-corrected chi connectivity index (χ2v) is 5.44. The first-order chi connectivity index (χ1) is 12.1. The smallest absolute Gasteiger partial charge is 0.293 e. The third-order valence-corrected chi connectivity index (χ3v) is 3.76. The Morgan fingerprint density at radius 3 is 2.52 bits per heavy atom. The van der Waals surface area contributed by atoms with Crippen LogP contribution in [0.5, 0.6) is 0 Å². The van der Waals surface area contributed by atoms with E-state index >= 15 is 0 Å². The molecule has 0 spiro atoms. The van der Waals surface area contributed by atoms with Crippen molar-refractivity contribution in [2.45, 2.75) is 6.42 Å². The van der Waals surface area contributed by atoms with E-state index in [9.17, 15) is 14.9 Å². The van der Waals surface area contributed by atoms with Crippen LogP contribution in [0.1, 0.15) is 21.7 Å². The molecule has 2 aromatic carbocycles. The molecule has 6 nitrogen and oxygen atoms in total. The molecule has 0 aliphatic rings. The number of nitrogens with one attached hydrogen (secondary N) is 1. The summed E-state index contributed by atoms with van der Waals surface area (Å²) in [5.74, 6) is 0.553. The van der Waals surface area contributed by atoms with E-state index < -0.39 is 4.92 Å². The van der Waals surface area contributed by atoms with E-state index in [0.717, 1.165) is 5.76 Å². The predicted octanol–water partition coefficient (Wildman–Crippen LogP) is 4.07. The average molecular weight is 336 g/mol. The lowest BCUT2D eigenvalue weighted by Crippen LogP contribution is -2.08. The van der Waals surface area contributed by atoms with Gasteiger partial charge in [-0.2, -0.15) is 0 Å². The number of rotatable bonds is 7. The Morgan fingerprint density at radius 1 is 1.04 bits per heavy atom. The maximum atomic E-state index is 12.4. The van der Waals surface area contributed by atoms with E-state index in [-0.39, 0.29) is 17.0 Å². The number of nitro groups is 1. The summed E-state index contributed by atoms with van der Waals surface area (Å²) < 4.78 is 5.23. The highest BCUT2D eigenvalue weighted by Gasteiger charge is 2.18. The fourth-order valence-electron chi connectivity index (χ4n) is 2.50. The lowest BCUT2D eigenvalue weighted by atomic mass is 10.0. The van der Waals surface area contributed by atoms with Crippen LogP contribution in [0.2, 0.25) is 0 Å². The quantitative estimate of drug-likeness (QED) is 0.399. The molecule has 126 valence electrons. The van der Waals surface area contributed by atoms with Gasteiger partial charge in [0.1, 0.15) is 11.4 Å². The Balaban J connectivity index is 1.78. The molecule has 1 N–H and O–H groups in total. The summed E-state index contributed by atoms with van der Waals surface area (Å²) in [4.78, 5) is 23.3. The monoisotopic (exact) mass is 336 g/mol. The van der Waals surface area contributed by atoms with Crippen LogP contribution in [0.15, 0.2) is 71.3 Å². The Labute approximate surface area is 144 Å². The van der Waals surface area contributed by atoms with E-state index in [1.165, 1.54) is 6.07 Å². The Kier molecular flexibility index (Phi) is 4.89. The Morgan fingerprint density at radius 2 is 1.84 bits per heavy atom. The summed E-state index contributed by atoms with van der Waals surface area (Å²) in [5.41, 5.74) is 1.03. The number of nitro benzene ring substituents is 1. The van der Waals surface area contributed by atoms with Gasteiger partial charge in [-0.25, -0.2) is 0 Å². The Bertz CT molecular complexity index is 874. The van der Waals surface area contributed by atoms with Crippen molar-refractivity contribution < 1.29 is 14.1 Å². The third kappa shape index (κ3) is 3.92. The highest BCUT2D eigenvalue weighted by atomic mass is 16.6. The van der Waals surface area contributed by atoms with Crippen LogP contribution in [-0.2, 0) is 6.42 Å². The topological polar surface area (TPSA) is 85.4 Å². The van der Waals surface area contributed by atoms with Gasteiger partial charge in [0.2, 0.25) is 0 Å². The van der Waals surface area contributed by atoms with Gasteiger partial charge < -0.3 is 9.73 Å². The molecule has 3 aromatic rings. The highest BCUT2D eigenvalue weighted by molar-refractivity contribution is 6.09. The molecule has 3 rings (SSSR count). The van der Waals surface area contributed by atoms with Crippen LogP contribution in [0.25, 0.3) is 0 Å². The standard InChI is InChI=1S/C19H16N2O4/c22-19(14-5-2-1-3-6-14)15-8-9-17(18(13-15)21(23)24)20-11-10-16-7-4-12-25-16/h1-9,12-13,20H,10-11H2. The van der Waals surface area contributed by atoms with Crippen LogP contribution in [0.4, 0.5) is 11.4 Å². The molecular weight excluding hydrogens is 320 g/mol. The lowest BCUT2D eigenvalue weighted by Gasteiger charge is -2.08. The third-order valence-electron chi connectivity index (χ3n) is 3.76. The summed E-state index contributed by atoms with van der Waals surface area (Å²) in [5, 5.41) is 14.4. The van der Waals surface area contributed by atoms with Crippen molar-refractivity contribution in [1.29, 1.82) is 0 Å². The minimum absolute atomic E-state index is 0.124. The molecule has 0 saturated heterocycles. The van der Waals surface area contributed by atoms with Gasteiger partial charge in [-0.15, -0.1) is 0 Å². The van der Waals surface area contributed by atoms with Crippen LogP contribution in [0, 0.1) is 10.1 Å². The number of benzene rings is 2. The number of nitrogens with zero attached hydrogens (tertiary/aromatic N) is 1. The van der Waals surface area contributed by atoms with Gasteiger partial charge in [-0.3, -0.25) is 14.9 Å². The zero-order valence-corrected chi connectivity index (χ0v) is 13.3. The van der Waals surface area contributed by atoms with Crippen molar-refractivity contribution >= 4 is 17.2 Å². The largest absolute Gasteiger partial charge is 0.469 e. The van der Waals surface area contributed by atoms with Crippen LogP contribution >= 0.6 is 0 Å². The molecule has 25 heavy (non-hydrogen) atoms. The van der Waals surface area contributed by atoms with Crippen LogP contribution in [0.3, 0.4) is 0 Å². The van der Waals surface area contributed by atoms with Gasteiger partial charge in [0, 0.05) is 30.2 Å². The van der Waals surface area contributed by atoms with Crippen molar-refractivity contribution in [1.82, 2.24) is 0 Å². The van der Waals surface area contributed by atoms with E-state index in [2.05, 4.69) is 5.32 Å². The first-order valence-electron chi connectivity index (χ1n) is 7.79. The molecule has 0 aliphatic heterocycles. The molecule has 1 aromatic heterocycles. The molecule has 0 atom stereocenters. The molecule has 0 fully saturated rings. The van der Waals surface area contributed by atoms with Crippen LogP contribution < -0.4 is 5.32 Å². The molecule has 0 radical (unpaired) electrons. The van der Waals surface area contributed by atoms with E-state index in [1.807, 2.05) is 12.1 Å². The maximum Gasteiger partial charge on any atom is 0.293 e. The van der Waals surface area contributed by atoms with Gasteiger partial charge in [-0.1, -0.05) is 30.3 Å². The summed E-state index contributed by atoms with van der Waals surface area (Å²) >= 11 is 0. The molecule has 0 unspecified atom stereocenters. The number of ketones is 1. The SMILES string of the molecule is O=C(c1ccccc1)c1ccc(NCCc2ccco2)c([N+](=O)[O-])c1. The zero-order chi connectivity index (χ0) is 17.6. The number of hydrogen-bond donors (Lipinski definition) is 1. The van der Waals surface area contributed by atoms with Crippen molar-refractivity contribution in [2.24, 2.45) is 0 Å². The second kappa shape index (κ2) is 7.44. The molecule has 0 bridgehead atoms. The predicted molar refractivity (Wildman–Crippen MR) is 93.9 cm³/mol. The summed E-state index contributed by atoms with van der Waals surface area (Å²) in [6.07, 6.45) is 2.19. The Hall–Kier alpha value is -3.41. The molecule has 0 aliphatic carbocycles. The summed E-state index contributed by atoms with van der Waals surface area (Å²) in [6, 6.07) is 16.8. The molecule has 6 heteroatoms. The van der Waals surface area contributed by atoms with Crippen molar-refractivity contribution in [3.8, 4) is 0 Å².